The number of alkyl halides is 3. The molecule has 0 aromatic carbocycles. The van der Waals surface area contributed by atoms with Crippen LogP contribution in [0.15, 0.2) is 12.1 Å². The molecule has 0 amide bonds. The van der Waals surface area contributed by atoms with E-state index < -0.39 is 12.3 Å². The highest BCUT2D eigenvalue weighted by Gasteiger charge is 2.38. The lowest BCUT2D eigenvalue weighted by molar-refractivity contribution is -0.189. The molecule has 86 valence electrons. The Morgan fingerprint density at radius 2 is 2.12 bits per heavy atom. The number of halogens is 4. The molecular weight excluding hydrogens is 245 g/mol. The van der Waals surface area contributed by atoms with E-state index in [0.29, 0.717) is 0 Å². The van der Waals surface area contributed by atoms with Crippen molar-refractivity contribution in [3.8, 4) is 11.9 Å². The normalized spacial score (nSPS) is 13.0. The number of nitriles is 1. The van der Waals surface area contributed by atoms with Crippen LogP contribution in [0.4, 0.5) is 13.2 Å². The number of nitrogens with zero attached hydrogens (tertiary/aromatic N) is 2. The van der Waals surface area contributed by atoms with Crippen LogP contribution in [-0.2, 0) is 0 Å². The molecule has 1 heterocycles. The molecule has 3 nitrogen and oxygen atoms in total. The summed E-state index contributed by atoms with van der Waals surface area (Å²) in [6, 6.07) is 4.05. The van der Waals surface area contributed by atoms with Crippen molar-refractivity contribution in [1.82, 2.24) is 4.98 Å². The average Bonchev–Trinajstić information content (AvgIpc) is 2.15. The van der Waals surface area contributed by atoms with Crippen molar-refractivity contribution in [3.63, 3.8) is 0 Å². The van der Waals surface area contributed by atoms with Gasteiger partial charge in [0.25, 0.3) is 0 Å². The van der Waals surface area contributed by atoms with Crippen molar-refractivity contribution < 1.29 is 17.9 Å². The molecule has 0 radical (unpaired) electrons. The van der Waals surface area contributed by atoms with Gasteiger partial charge in [0, 0.05) is 6.07 Å². The zero-order chi connectivity index (χ0) is 12.3. The number of rotatable bonds is 2. The predicted octanol–water partition coefficient (Wildman–Crippen LogP) is 2.94. The Labute approximate surface area is 94.4 Å². The molecule has 0 spiro atoms. The highest BCUT2D eigenvalue weighted by molar-refractivity contribution is 6.29. The largest absolute Gasteiger partial charge is 0.465 e. The Morgan fingerprint density at radius 1 is 1.50 bits per heavy atom. The van der Waals surface area contributed by atoms with Crippen LogP contribution in [0.5, 0.6) is 5.88 Å². The Bertz CT molecular complexity index is 428. The molecule has 1 aromatic rings. The van der Waals surface area contributed by atoms with Gasteiger partial charge in [0.05, 0.1) is 11.6 Å². The van der Waals surface area contributed by atoms with E-state index in [4.69, 9.17) is 16.9 Å². The maximum atomic E-state index is 12.2. The molecule has 1 rings (SSSR count). The van der Waals surface area contributed by atoms with Gasteiger partial charge in [-0.15, -0.1) is 0 Å². The zero-order valence-corrected chi connectivity index (χ0v) is 8.80. The summed E-state index contributed by atoms with van der Waals surface area (Å²) in [6.45, 7) is 0.842. The van der Waals surface area contributed by atoms with Gasteiger partial charge >= 0.3 is 6.18 Å². The average molecular weight is 251 g/mol. The minimum atomic E-state index is -4.49. The molecule has 0 fully saturated rings. The summed E-state index contributed by atoms with van der Waals surface area (Å²) >= 11 is 5.50. The number of hydrogen-bond donors (Lipinski definition) is 0. The Balaban J connectivity index is 2.90. The number of pyridine rings is 1. The maximum absolute atomic E-state index is 12.2. The SMILES string of the molecule is CC(Oc1cc(C#N)cc(Cl)n1)C(F)(F)F. The van der Waals surface area contributed by atoms with Crippen LogP contribution in [0.25, 0.3) is 0 Å². The van der Waals surface area contributed by atoms with Crippen LogP contribution in [0, 0.1) is 11.3 Å². The minimum absolute atomic E-state index is 0.0874. The fraction of sp³-hybridized carbons (Fsp3) is 0.333. The lowest BCUT2D eigenvalue weighted by Gasteiger charge is -2.16. The first-order valence-electron chi connectivity index (χ1n) is 4.14. The van der Waals surface area contributed by atoms with Crippen LogP contribution in [0.3, 0.4) is 0 Å². The molecule has 1 aromatic heterocycles. The summed E-state index contributed by atoms with van der Waals surface area (Å²) < 4.78 is 41.0. The van der Waals surface area contributed by atoms with Gasteiger partial charge in [0.2, 0.25) is 5.88 Å². The molecular formula is C9H6ClF3N2O. The van der Waals surface area contributed by atoms with Gasteiger partial charge in [0.15, 0.2) is 6.10 Å². The lowest BCUT2D eigenvalue weighted by atomic mass is 10.3. The second-order valence-electron chi connectivity index (χ2n) is 2.93. The standard InChI is InChI=1S/C9H6ClF3N2O/c1-5(9(11,12)13)16-8-3-6(4-14)2-7(10)15-8/h2-3,5H,1H3. The summed E-state index contributed by atoms with van der Waals surface area (Å²) in [5, 5.41) is 8.47. The summed E-state index contributed by atoms with van der Waals surface area (Å²) in [4.78, 5) is 3.53. The number of ether oxygens (including phenoxy) is 1. The summed E-state index contributed by atoms with van der Waals surface area (Å²) in [5.74, 6) is -0.325. The molecule has 0 aliphatic carbocycles. The zero-order valence-electron chi connectivity index (χ0n) is 8.05. The molecule has 0 aliphatic rings. The topological polar surface area (TPSA) is 45.9 Å². The third-order valence-electron chi connectivity index (χ3n) is 1.66. The molecule has 0 N–H and O–H groups in total. The second kappa shape index (κ2) is 4.58. The fourth-order valence-electron chi connectivity index (χ4n) is 0.846. The molecule has 1 unspecified atom stereocenters. The van der Waals surface area contributed by atoms with E-state index in [0.717, 1.165) is 13.0 Å². The molecule has 7 heteroatoms. The Morgan fingerprint density at radius 3 is 2.62 bits per heavy atom. The fourth-order valence-corrected chi connectivity index (χ4v) is 1.05. The first-order chi connectivity index (χ1) is 7.32. The number of aromatic nitrogens is 1. The first-order valence-corrected chi connectivity index (χ1v) is 4.52. The van der Waals surface area contributed by atoms with E-state index >= 15 is 0 Å². The van der Waals surface area contributed by atoms with E-state index in [2.05, 4.69) is 9.72 Å². The van der Waals surface area contributed by atoms with Gasteiger partial charge in [0.1, 0.15) is 5.15 Å². The van der Waals surface area contributed by atoms with Crippen LogP contribution >= 0.6 is 11.6 Å². The minimum Gasteiger partial charge on any atom is -0.465 e. The van der Waals surface area contributed by atoms with E-state index in [1.165, 1.54) is 6.07 Å². The molecule has 0 saturated heterocycles. The third-order valence-corrected chi connectivity index (χ3v) is 1.85. The summed E-state index contributed by atoms with van der Waals surface area (Å²) in [6.07, 6.45) is -6.50. The van der Waals surface area contributed by atoms with Crippen molar-refractivity contribution in [3.05, 3.63) is 22.8 Å². The van der Waals surface area contributed by atoms with Crippen molar-refractivity contribution in [2.75, 3.05) is 0 Å². The van der Waals surface area contributed by atoms with E-state index in [1.54, 1.807) is 6.07 Å². The predicted molar refractivity (Wildman–Crippen MR) is 50.1 cm³/mol. The molecule has 16 heavy (non-hydrogen) atoms. The monoisotopic (exact) mass is 250 g/mol. The first kappa shape index (κ1) is 12.6. The van der Waals surface area contributed by atoms with Crippen molar-refractivity contribution in [1.29, 1.82) is 5.26 Å². The van der Waals surface area contributed by atoms with Gasteiger partial charge in [-0.3, -0.25) is 0 Å². The summed E-state index contributed by atoms with van der Waals surface area (Å²) in [7, 11) is 0. The molecule has 1 atom stereocenters. The third kappa shape index (κ3) is 3.28. The quantitative estimate of drug-likeness (QED) is 0.758. The highest BCUT2D eigenvalue weighted by atomic mass is 35.5. The highest BCUT2D eigenvalue weighted by Crippen LogP contribution is 2.25. The van der Waals surface area contributed by atoms with Gasteiger partial charge < -0.3 is 4.74 Å². The van der Waals surface area contributed by atoms with E-state index in [-0.39, 0.29) is 16.6 Å². The van der Waals surface area contributed by atoms with Gasteiger partial charge in [-0.1, -0.05) is 11.6 Å². The Hall–Kier alpha value is -1.48. The van der Waals surface area contributed by atoms with Crippen molar-refractivity contribution in [2.24, 2.45) is 0 Å². The van der Waals surface area contributed by atoms with E-state index in [9.17, 15) is 13.2 Å². The van der Waals surface area contributed by atoms with Crippen molar-refractivity contribution in [2.45, 2.75) is 19.2 Å². The second-order valence-corrected chi connectivity index (χ2v) is 3.32. The van der Waals surface area contributed by atoms with Crippen LogP contribution < -0.4 is 4.74 Å². The van der Waals surface area contributed by atoms with Crippen LogP contribution in [-0.4, -0.2) is 17.3 Å². The lowest BCUT2D eigenvalue weighted by Crippen LogP contribution is -2.31. The molecule has 0 saturated carbocycles. The van der Waals surface area contributed by atoms with Crippen molar-refractivity contribution >= 4 is 11.6 Å². The smallest absolute Gasteiger partial charge is 0.425 e. The van der Waals surface area contributed by atoms with Gasteiger partial charge in [-0.2, -0.15) is 18.4 Å². The maximum Gasteiger partial charge on any atom is 0.425 e. The van der Waals surface area contributed by atoms with Crippen LogP contribution in [0.2, 0.25) is 5.15 Å². The van der Waals surface area contributed by atoms with Crippen LogP contribution in [0.1, 0.15) is 12.5 Å². The van der Waals surface area contributed by atoms with E-state index in [1.807, 2.05) is 0 Å². The molecule has 0 bridgehead atoms. The molecule has 0 aliphatic heterocycles. The Kier molecular flexibility index (Phi) is 3.60. The summed E-state index contributed by atoms with van der Waals surface area (Å²) in [5.41, 5.74) is 0.0874. The van der Waals surface area contributed by atoms with Gasteiger partial charge in [-0.25, -0.2) is 4.98 Å². The van der Waals surface area contributed by atoms with Gasteiger partial charge in [-0.05, 0) is 13.0 Å². The number of hydrogen-bond acceptors (Lipinski definition) is 3.